The highest BCUT2D eigenvalue weighted by Gasteiger charge is 2.18. The molecule has 4 nitrogen and oxygen atoms in total. The van der Waals surface area contributed by atoms with E-state index in [4.69, 9.17) is 6.42 Å². The van der Waals surface area contributed by atoms with Crippen molar-refractivity contribution in [1.82, 2.24) is 15.5 Å². The van der Waals surface area contributed by atoms with Crippen LogP contribution >= 0.6 is 0 Å². The van der Waals surface area contributed by atoms with Gasteiger partial charge in [-0.05, 0) is 26.4 Å². The molecule has 0 radical (unpaired) electrons. The Kier molecular flexibility index (Phi) is 7.40. The highest BCUT2D eigenvalue weighted by molar-refractivity contribution is 5.79. The molecule has 0 amide bonds. The maximum Gasteiger partial charge on any atom is 0.192 e. The number of terminal acetylenes is 1. The van der Waals surface area contributed by atoms with E-state index in [1.165, 1.54) is 0 Å². The summed E-state index contributed by atoms with van der Waals surface area (Å²) in [5, 5.41) is 6.26. The third-order valence-electron chi connectivity index (χ3n) is 2.11. The van der Waals surface area contributed by atoms with Gasteiger partial charge in [0.1, 0.15) is 0 Å². The molecule has 17 heavy (non-hydrogen) atoms. The minimum Gasteiger partial charge on any atom is -0.357 e. The van der Waals surface area contributed by atoms with Crippen molar-refractivity contribution in [1.29, 1.82) is 0 Å². The van der Waals surface area contributed by atoms with Crippen molar-refractivity contribution in [3.05, 3.63) is 0 Å². The normalized spacial score (nSPS) is 12.4. The Hall–Kier alpha value is -1.21. The molecule has 0 atom stereocenters. The molecule has 2 N–H and O–H groups in total. The molecule has 0 rings (SSSR count). The van der Waals surface area contributed by atoms with Crippen molar-refractivity contribution in [2.75, 3.05) is 40.3 Å². The summed E-state index contributed by atoms with van der Waals surface area (Å²) in [6.07, 6.45) is 5.22. The first-order chi connectivity index (χ1) is 7.91. The molecular weight excluding hydrogens is 212 g/mol. The number of rotatable bonds is 6. The molecule has 0 aliphatic rings. The monoisotopic (exact) mass is 238 g/mol. The van der Waals surface area contributed by atoms with Gasteiger partial charge in [-0.2, -0.15) is 0 Å². The molecule has 0 saturated heterocycles. The van der Waals surface area contributed by atoms with E-state index in [1.807, 2.05) is 6.92 Å². The van der Waals surface area contributed by atoms with Crippen LogP contribution in [-0.2, 0) is 0 Å². The summed E-state index contributed by atoms with van der Waals surface area (Å²) < 4.78 is 0. The summed E-state index contributed by atoms with van der Waals surface area (Å²) in [4.78, 5) is 6.73. The fourth-order valence-corrected chi connectivity index (χ4v) is 1.68. The molecule has 0 aliphatic carbocycles. The third kappa shape index (κ3) is 8.58. The molecule has 98 valence electrons. The van der Waals surface area contributed by atoms with Crippen LogP contribution in [-0.4, -0.2) is 51.1 Å². The molecule has 0 aromatic heterocycles. The minimum atomic E-state index is 0.155. The predicted molar refractivity (Wildman–Crippen MR) is 75.1 cm³/mol. The van der Waals surface area contributed by atoms with E-state index in [9.17, 15) is 0 Å². The largest absolute Gasteiger partial charge is 0.357 e. The summed E-state index contributed by atoms with van der Waals surface area (Å²) in [5.41, 5.74) is 0.155. The van der Waals surface area contributed by atoms with Gasteiger partial charge in [0, 0.05) is 19.6 Å². The van der Waals surface area contributed by atoms with Gasteiger partial charge >= 0.3 is 0 Å². The van der Waals surface area contributed by atoms with Crippen LogP contribution in [0.4, 0.5) is 0 Å². The van der Waals surface area contributed by atoms with Crippen molar-refractivity contribution in [3.63, 3.8) is 0 Å². The number of hydrogen-bond donors (Lipinski definition) is 2. The van der Waals surface area contributed by atoms with Crippen molar-refractivity contribution in [2.45, 2.75) is 20.8 Å². The Labute approximate surface area is 106 Å². The van der Waals surface area contributed by atoms with Crippen LogP contribution in [0.3, 0.4) is 0 Å². The first-order valence-electron chi connectivity index (χ1n) is 6.01. The quantitative estimate of drug-likeness (QED) is 0.408. The van der Waals surface area contributed by atoms with E-state index in [2.05, 4.69) is 54.4 Å². The molecule has 0 aromatic rings. The van der Waals surface area contributed by atoms with Gasteiger partial charge in [0.2, 0.25) is 0 Å². The Morgan fingerprint density at radius 2 is 2.00 bits per heavy atom. The van der Waals surface area contributed by atoms with Gasteiger partial charge in [0.25, 0.3) is 0 Å². The first kappa shape index (κ1) is 15.8. The van der Waals surface area contributed by atoms with Crippen LogP contribution in [0.2, 0.25) is 0 Å². The van der Waals surface area contributed by atoms with E-state index in [1.54, 1.807) is 0 Å². The molecule has 0 fully saturated rings. The zero-order chi connectivity index (χ0) is 13.3. The Morgan fingerprint density at radius 1 is 1.35 bits per heavy atom. The predicted octanol–water partition coefficient (Wildman–Crippen LogP) is 0.762. The summed E-state index contributed by atoms with van der Waals surface area (Å²) in [5.74, 6) is 3.33. The Bertz CT molecular complexity index is 274. The lowest BCUT2D eigenvalue weighted by Crippen LogP contribution is -2.39. The standard InChI is InChI=1S/C13H26N4/c1-7-9-15-12(14-8-2)16-10-13(3,4)11-17(5)6/h1H,8-11H2,2-6H3,(H2,14,15,16). The molecule has 0 aliphatic heterocycles. The van der Waals surface area contributed by atoms with Gasteiger partial charge in [-0.3, -0.25) is 4.99 Å². The topological polar surface area (TPSA) is 39.7 Å². The second kappa shape index (κ2) is 7.97. The van der Waals surface area contributed by atoms with E-state index < -0.39 is 0 Å². The van der Waals surface area contributed by atoms with Gasteiger partial charge in [0.05, 0.1) is 6.54 Å². The molecular formula is C13H26N4. The maximum atomic E-state index is 5.22. The molecule has 0 spiro atoms. The fraction of sp³-hybridized carbons (Fsp3) is 0.769. The van der Waals surface area contributed by atoms with Crippen molar-refractivity contribution in [2.24, 2.45) is 10.4 Å². The highest BCUT2D eigenvalue weighted by atomic mass is 15.2. The van der Waals surface area contributed by atoms with Gasteiger partial charge in [-0.15, -0.1) is 6.42 Å². The van der Waals surface area contributed by atoms with E-state index in [-0.39, 0.29) is 5.41 Å². The van der Waals surface area contributed by atoms with Gasteiger partial charge in [0.15, 0.2) is 5.96 Å². The summed E-state index contributed by atoms with van der Waals surface area (Å²) in [6, 6.07) is 0. The number of nitrogens with one attached hydrogen (secondary N) is 2. The fourth-order valence-electron chi connectivity index (χ4n) is 1.68. The molecule has 4 heteroatoms. The van der Waals surface area contributed by atoms with Crippen LogP contribution in [0, 0.1) is 17.8 Å². The van der Waals surface area contributed by atoms with Crippen molar-refractivity contribution in [3.8, 4) is 12.3 Å². The van der Waals surface area contributed by atoms with Crippen molar-refractivity contribution >= 4 is 5.96 Å². The zero-order valence-electron chi connectivity index (χ0n) is 11.8. The highest BCUT2D eigenvalue weighted by Crippen LogP contribution is 2.15. The maximum absolute atomic E-state index is 5.22. The Balaban J connectivity index is 4.35. The smallest absolute Gasteiger partial charge is 0.192 e. The third-order valence-corrected chi connectivity index (χ3v) is 2.11. The summed E-state index contributed by atoms with van der Waals surface area (Å²) in [6.45, 7) is 9.57. The van der Waals surface area contributed by atoms with E-state index >= 15 is 0 Å². The van der Waals surface area contributed by atoms with Crippen LogP contribution in [0.5, 0.6) is 0 Å². The minimum absolute atomic E-state index is 0.155. The summed E-state index contributed by atoms with van der Waals surface area (Å²) in [7, 11) is 4.15. The van der Waals surface area contributed by atoms with Crippen LogP contribution in [0.15, 0.2) is 4.99 Å². The lowest BCUT2D eigenvalue weighted by molar-refractivity contribution is 0.248. The number of guanidine groups is 1. The number of nitrogens with zero attached hydrogens (tertiary/aromatic N) is 2. The lowest BCUT2D eigenvalue weighted by atomic mass is 9.93. The first-order valence-corrected chi connectivity index (χ1v) is 6.01. The van der Waals surface area contributed by atoms with Gasteiger partial charge < -0.3 is 15.5 Å². The average molecular weight is 238 g/mol. The molecule has 0 aromatic carbocycles. The van der Waals surface area contributed by atoms with E-state index in [0.29, 0.717) is 6.54 Å². The second-order valence-electron chi connectivity index (χ2n) is 5.15. The zero-order valence-corrected chi connectivity index (χ0v) is 11.8. The van der Waals surface area contributed by atoms with Gasteiger partial charge in [-0.1, -0.05) is 19.8 Å². The Morgan fingerprint density at radius 3 is 2.47 bits per heavy atom. The molecule has 0 bridgehead atoms. The lowest BCUT2D eigenvalue weighted by Gasteiger charge is -2.26. The van der Waals surface area contributed by atoms with Crippen LogP contribution in [0.25, 0.3) is 0 Å². The van der Waals surface area contributed by atoms with Crippen LogP contribution in [0.1, 0.15) is 20.8 Å². The van der Waals surface area contributed by atoms with Crippen molar-refractivity contribution < 1.29 is 0 Å². The molecule has 0 unspecified atom stereocenters. The molecule has 0 heterocycles. The SMILES string of the molecule is C#CCNC(=NCC(C)(C)CN(C)C)NCC. The summed E-state index contributed by atoms with van der Waals surface area (Å²) >= 11 is 0. The number of aliphatic imine (C=N–C) groups is 1. The van der Waals surface area contributed by atoms with Crippen LogP contribution < -0.4 is 10.6 Å². The molecule has 0 saturated carbocycles. The number of hydrogen-bond acceptors (Lipinski definition) is 2. The average Bonchev–Trinajstić information content (AvgIpc) is 2.20. The van der Waals surface area contributed by atoms with E-state index in [0.717, 1.165) is 25.6 Å². The second-order valence-corrected chi connectivity index (χ2v) is 5.15. The van der Waals surface area contributed by atoms with Gasteiger partial charge in [-0.25, -0.2) is 0 Å².